The molecule has 0 aliphatic heterocycles. The topological polar surface area (TPSA) is 94.6 Å². The highest BCUT2D eigenvalue weighted by Gasteiger charge is 2.20. The van der Waals surface area contributed by atoms with Gasteiger partial charge in [0.05, 0.1) is 14.2 Å². The van der Waals surface area contributed by atoms with Crippen LogP contribution in [0.3, 0.4) is 0 Å². The zero-order chi connectivity index (χ0) is 15.7. The van der Waals surface area contributed by atoms with Crippen LogP contribution >= 0.6 is 0 Å². The Hall–Kier alpha value is -2.70. The molecule has 112 valence electrons. The third-order valence-corrected chi connectivity index (χ3v) is 2.56. The fraction of sp³-hybridized carbons (Fsp3) is 0.286. The van der Waals surface area contributed by atoms with Crippen molar-refractivity contribution < 1.29 is 23.9 Å². The van der Waals surface area contributed by atoms with Crippen molar-refractivity contribution in [3.05, 3.63) is 42.2 Å². The Kier molecular flexibility index (Phi) is 6.59. The standard InChI is InChI=1S/C14H16N2O5/c1-20-12(17)5-3-4-11(14(19)21-2)16-13(18)10-6-8-15-9-7-10/h3,5-9,11H,4H2,1-2H3,(H,16,18)/b5-3+/t11-/m1/s1. The number of amides is 1. The summed E-state index contributed by atoms with van der Waals surface area (Å²) in [5, 5.41) is 2.53. The number of methoxy groups -OCH3 is 2. The number of hydrogen-bond donors (Lipinski definition) is 1. The normalized spacial score (nSPS) is 11.7. The van der Waals surface area contributed by atoms with E-state index < -0.39 is 23.9 Å². The van der Waals surface area contributed by atoms with E-state index >= 15 is 0 Å². The summed E-state index contributed by atoms with van der Waals surface area (Å²) in [7, 11) is 2.47. The molecule has 0 unspecified atom stereocenters. The fourth-order valence-electron chi connectivity index (χ4n) is 1.47. The van der Waals surface area contributed by atoms with E-state index in [1.807, 2.05) is 0 Å². The molecule has 21 heavy (non-hydrogen) atoms. The minimum Gasteiger partial charge on any atom is -0.467 e. The van der Waals surface area contributed by atoms with Gasteiger partial charge in [-0.1, -0.05) is 6.08 Å². The van der Waals surface area contributed by atoms with Crippen LogP contribution in [0.2, 0.25) is 0 Å². The number of ether oxygens (including phenoxy) is 2. The highest BCUT2D eigenvalue weighted by atomic mass is 16.5. The van der Waals surface area contributed by atoms with Gasteiger partial charge >= 0.3 is 11.9 Å². The van der Waals surface area contributed by atoms with Crippen molar-refractivity contribution in [3.63, 3.8) is 0 Å². The lowest BCUT2D eigenvalue weighted by molar-refractivity contribution is -0.143. The summed E-state index contributed by atoms with van der Waals surface area (Å²) in [6.45, 7) is 0. The number of carbonyl (C=O) groups is 3. The molecule has 0 saturated heterocycles. The van der Waals surface area contributed by atoms with Gasteiger partial charge in [-0.05, 0) is 18.6 Å². The molecule has 0 aromatic carbocycles. The van der Waals surface area contributed by atoms with Crippen LogP contribution in [0.25, 0.3) is 0 Å². The molecule has 0 saturated carbocycles. The lowest BCUT2D eigenvalue weighted by Crippen LogP contribution is -2.41. The molecule has 1 N–H and O–H groups in total. The summed E-state index contributed by atoms with van der Waals surface area (Å²) >= 11 is 0. The second kappa shape index (κ2) is 8.47. The van der Waals surface area contributed by atoms with Crippen LogP contribution in [0, 0.1) is 0 Å². The van der Waals surface area contributed by atoms with Crippen molar-refractivity contribution in [1.82, 2.24) is 10.3 Å². The summed E-state index contributed by atoms with van der Waals surface area (Å²) in [6, 6.07) is 2.15. The Morgan fingerprint density at radius 3 is 2.48 bits per heavy atom. The van der Waals surface area contributed by atoms with Crippen LogP contribution < -0.4 is 5.32 Å². The zero-order valence-corrected chi connectivity index (χ0v) is 11.7. The minimum atomic E-state index is -0.892. The number of rotatable bonds is 6. The zero-order valence-electron chi connectivity index (χ0n) is 11.7. The number of carbonyl (C=O) groups excluding carboxylic acids is 3. The summed E-state index contributed by atoms with van der Waals surface area (Å²) in [5.41, 5.74) is 0.371. The summed E-state index contributed by atoms with van der Waals surface area (Å²) < 4.78 is 9.05. The molecule has 7 heteroatoms. The molecule has 1 atom stereocenters. The lowest BCUT2D eigenvalue weighted by Gasteiger charge is -2.14. The van der Waals surface area contributed by atoms with Crippen molar-refractivity contribution in [3.8, 4) is 0 Å². The summed E-state index contributed by atoms with van der Waals surface area (Å²) in [5.74, 6) is -1.58. The third kappa shape index (κ3) is 5.43. The fourth-order valence-corrected chi connectivity index (χ4v) is 1.47. The van der Waals surface area contributed by atoms with Gasteiger partial charge in [0.2, 0.25) is 0 Å². The summed E-state index contributed by atoms with van der Waals surface area (Å²) in [6.07, 6.45) is 5.66. The maximum absolute atomic E-state index is 12.0. The Morgan fingerprint density at radius 1 is 1.24 bits per heavy atom. The smallest absolute Gasteiger partial charge is 0.330 e. The lowest BCUT2D eigenvalue weighted by atomic mass is 10.1. The van der Waals surface area contributed by atoms with E-state index in [1.165, 1.54) is 50.9 Å². The van der Waals surface area contributed by atoms with Crippen molar-refractivity contribution in [2.75, 3.05) is 14.2 Å². The highest BCUT2D eigenvalue weighted by molar-refractivity contribution is 5.96. The quantitative estimate of drug-likeness (QED) is 0.605. The molecule has 0 aliphatic rings. The largest absolute Gasteiger partial charge is 0.467 e. The van der Waals surface area contributed by atoms with Crippen LogP contribution in [-0.4, -0.2) is 43.1 Å². The number of hydrogen-bond acceptors (Lipinski definition) is 6. The SMILES string of the molecule is COC(=O)/C=C/C[C@@H](NC(=O)c1ccncc1)C(=O)OC. The van der Waals surface area contributed by atoms with Gasteiger partial charge in [-0.15, -0.1) is 0 Å². The second-order valence-corrected chi connectivity index (χ2v) is 3.95. The van der Waals surface area contributed by atoms with Gasteiger partial charge in [0, 0.05) is 24.0 Å². The predicted octanol–water partition coefficient (Wildman–Crippen LogP) is 0.472. The van der Waals surface area contributed by atoms with E-state index in [4.69, 9.17) is 0 Å². The molecule has 1 aromatic rings. The third-order valence-electron chi connectivity index (χ3n) is 2.56. The van der Waals surface area contributed by atoms with E-state index in [1.54, 1.807) is 0 Å². The maximum atomic E-state index is 12.0. The van der Waals surface area contributed by atoms with Gasteiger partial charge in [-0.25, -0.2) is 9.59 Å². The van der Waals surface area contributed by atoms with Crippen molar-refractivity contribution in [2.45, 2.75) is 12.5 Å². The number of pyridine rings is 1. The van der Waals surface area contributed by atoms with Crippen molar-refractivity contribution >= 4 is 17.8 Å². The van der Waals surface area contributed by atoms with Crippen molar-refractivity contribution in [1.29, 1.82) is 0 Å². The monoisotopic (exact) mass is 292 g/mol. The molecular formula is C14H16N2O5. The van der Waals surface area contributed by atoms with Gasteiger partial charge in [0.1, 0.15) is 6.04 Å². The van der Waals surface area contributed by atoms with Crippen LogP contribution in [0.15, 0.2) is 36.7 Å². The number of aromatic nitrogens is 1. The predicted molar refractivity (Wildman–Crippen MR) is 73.3 cm³/mol. The van der Waals surface area contributed by atoms with Gasteiger partial charge in [0.25, 0.3) is 5.91 Å². The molecule has 0 aliphatic carbocycles. The molecule has 1 aromatic heterocycles. The van der Waals surface area contributed by atoms with E-state index in [2.05, 4.69) is 19.8 Å². The van der Waals surface area contributed by atoms with E-state index in [0.717, 1.165) is 0 Å². The van der Waals surface area contributed by atoms with Crippen LogP contribution in [0.5, 0.6) is 0 Å². The molecule has 0 spiro atoms. The molecule has 1 amide bonds. The van der Waals surface area contributed by atoms with E-state index in [-0.39, 0.29) is 6.42 Å². The Labute approximate surface area is 122 Å². The first-order chi connectivity index (χ1) is 10.1. The van der Waals surface area contributed by atoms with Gasteiger partial charge in [0.15, 0.2) is 0 Å². The van der Waals surface area contributed by atoms with Crippen LogP contribution in [0.1, 0.15) is 16.8 Å². The number of nitrogens with one attached hydrogen (secondary N) is 1. The van der Waals surface area contributed by atoms with Gasteiger partial charge < -0.3 is 14.8 Å². The highest BCUT2D eigenvalue weighted by Crippen LogP contribution is 2.02. The Bertz CT molecular complexity index is 527. The minimum absolute atomic E-state index is 0.110. The van der Waals surface area contributed by atoms with Crippen molar-refractivity contribution in [2.24, 2.45) is 0 Å². The number of esters is 2. The van der Waals surface area contributed by atoms with Crippen LogP contribution in [-0.2, 0) is 19.1 Å². The van der Waals surface area contributed by atoms with E-state index in [9.17, 15) is 14.4 Å². The van der Waals surface area contributed by atoms with Gasteiger partial charge in [-0.2, -0.15) is 0 Å². The molecule has 1 rings (SSSR count). The summed E-state index contributed by atoms with van der Waals surface area (Å²) in [4.78, 5) is 38.4. The first-order valence-corrected chi connectivity index (χ1v) is 6.11. The molecule has 0 bridgehead atoms. The Morgan fingerprint density at radius 2 is 1.90 bits per heavy atom. The van der Waals surface area contributed by atoms with E-state index in [0.29, 0.717) is 5.56 Å². The van der Waals surface area contributed by atoms with Crippen LogP contribution in [0.4, 0.5) is 0 Å². The average Bonchev–Trinajstić information content (AvgIpc) is 2.53. The maximum Gasteiger partial charge on any atom is 0.330 e. The molecule has 7 nitrogen and oxygen atoms in total. The van der Waals surface area contributed by atoms with Gasteiger partial charge in [-0.3, -0.25) is 9.78 Å². The molecule has 1 heterocycles. The second-order valence-electron chi connectivity index (χ2n) is 3.95. The molecule has 0 fully saturated rings. The molecule has 0 radical (unpaired) electrons. The number of nitrogens with zero attached hydrogens (tertiary/aromatic N) is 1. The Balaban J connectivity index is 2.70. The first-order valence-electron chi connectivity index (χ1n) is 6.11. The molecular weight excluding hydrogens is 276 g/mol. The average molecular weight is 292 g/mol. The first kappa shape index (κ1) is 16.4.